The van der Waals surface area contributed by atoms with Gasteiger partial charge in [-0.25, -0.2) is 0 Å². The molecule has 114 valence electrons. The highest BCUT2D eigenvalue weighted by Gasteiger charge is 2.46. The molecule has 1 heterocycles. The van der Waals surface area contributed by atoms with Crippen LogP contribution in [0.3, 0.4) is 0 Å². The van der Waals surface area contributed by atoms with Gasteiger partial charge in [-0.3, -0.25) is 0 Å². The van der Waals surface area contributed by atoms with Gasteiger partial charge in [0.15, 0.2) is 5.82 Å². The molecule has 7 heteroatoms. The molecule has 1 saturated carbocycles. The van der Waals surface area contributed by atoms with Crippen LogP contribution in [0.15, 0.2) is 4.52 Å². The van der Waals surface area contributed by atoms with Gasteiger partial charge >= 0.3 is 6.18 Å². The van der Waals surface area contributed by atoms with Gasteiger partial charge in [-0.1, -0.05) is 25.9 Å². The normalized spacial score (nSPS) is 28.6. The van der Waals surface area contributed by atoms with Crippen molar-refractivity contribution in [3.05, 3.63) is 11.7 Å². The predicted molar refractivity (Wildman–Crippen MR) is 66.9 cm³/mol. The van der Waals surface area contributed by atoms with Crippen molar-refractivity contribution in [1.29, 1.82) is 0 Å². The van der Waals surface area contributed by atoms with Gasteiger partial charge in [0.1, 0.15) is 0 Å². The molecule has 20 heavy (non-hydrogen) atoms. The highest BCUT2D eigenvalue weighted by molar-refractivity contribution is 5.09. The van der Waals surface area contributed by atoms with Gasteiger partial charge in [0.05, 0.1) is 11.5 Å². The van der Waals surface area contributed by atoms with Crippen LogP contribution in [0, 0.1) is 5.92 Å². The van der Waals surface area contributed by atoms with Crippen LogP contribution < -0.4 is 5.73 Å². The quantitative estimate of drug-likeness (QED) is 0.862. The molecule has 0 atom stereocenters. The van der Waals surface area contributed by atoms with Crippen molar-refractivity contribution in [3.8, 4) is 0 Å². The Hall–Kier alpha value is -1.11. The Balaban J connectivity index is 2.12. The summed E-state index contributed by atoms with van der Waals surface area (Å²) in [5.41, 5.74) is 4.98. The summed E-state index contributed by atoms with van der Waals surface area (Å²) in [6.45, 7) is 5.77. The first kappa shape index (κ1) is 15.3. The number of alkyl halides is 3. The van der Waals surface area contributed by atoms with E-state index in [-0.39, 0.29) is 31.1 Å². The molecule has 0 aliphatic heterocycles. The van der Waals surface area contributed by atoms with E-state index in [9.17, 15) is 13.2 Å². The van der Waals surface area contributed by atoms with Gasteiger partial charge < -0.3 is 10.3 Å². The first-order chi connectivity index (χ1) is 9.02. The summed E-state index contributed by atoms with van der Waals surface area (Å²) >= 11 is 0. The van der Waals surface area contributed by atoms with Crippen LogP contribution in [0.25, 0.3) is 0 Å². The lowest BCUT2D eigenvalue weighted by Crippen LogP contribution is -2.43. The number of hydrogen-bond acceptors (Lipinski definition) is 4. The molecule has 0 saturated heterocycles. The SMILES string of the molecule is CC(C)(C)c1nc(C2(N)CCC(C(F)(F)F)CC2)no1. The van der Waals surface area contributed by atoms with Crippen molar-refractivity contribution in [2.24, 2.45) is 11.7 Å². The molecule has 4 nitrogen and oxygen atoms in total. The van der Waals surface area contributed by atoms with Crippen molar-refractivity contribution in [1.82, 2.24) is 10.1 Å². The van der Waals surface area contributed by atoms with Crippen LogP contribution in [0.5, 0.6) is 0 Å². The fraction of sp³-hybridized carbons (Fsp3) is 0.846. The van der Waals surface area contributed by atoms with Gasteiger partial charge in [0.2, 0.25) is 5.89 Å². The van der Waals surface area contributed by atoms with Gasteiger partial charge in [-0.15, -0.1) is 0 Å². The Morgan fingerprint density at radius 1 is 1.20 bits per heavy atom. The minimum atomic E-state index is -4.14. The molecule has 1 aliphatic rings. The molecule has 0 bridgehead atoms. The number of nitrogens with two attached hydrogens (primary N) is 1. The zero-order valence-electron chi connectivity index (χ0n) is 11.9. The summed E-state index contributed by atoms with van der Waals surface area (Å²) in [6.07, 6.45) is -3.67. The first-order valence-electron chi connectivity index (χ1n) is 6.73. The van der Waals surface area contributed by atoms with Gasteiger partial charge in [0, 0.05) is 5.41 Å². The molecule has 1 aliphatic carbocycles. The zero-order valence-corrected chi connectivity index (χ0v) is 11.9. The van der Waals surface area contributed by atoms with Crippen LogP contribution in [-0.2, 0) is 11.0 Å². The number of halogens is 3. The molecule has 1 aromatic heterocycles. The van der Waals surface area contributed by atoms with E-state index in [0.29, 0.717) is 11.7 Å². The predicted octanol–water partition coefficient (Wildman–Crippen LogP) is 3.27. The third kappa shape index (κ3) is 2.97. The Morgan fingerprint density at radius 2 is 1.75 bits per heavy atom. The maximum atomic E-state index is 12.7. The Kier molecular flexibility index (Phi) is 3.60. The third-order valence-electron chi connectivity index (χ3n) is 3.85. The highest BCUT2D eigenvalue weighted by atomic mass is 19.4. The van der Waals surface area contributed by atoms with Crippen LogP contribution >= 0.6 is 0 Å². The number of nitrogens with zero attached hydrogens (tertiary/aromatic N) is 2. The van der Waals surface area contributed by atoms with Gasteiger partial charge in [-0.2, -0.15) is 18.2 Å². The van der Waals surface area contributed by atoms with E-state index in [1.54, 1.807) is 0 Å². The maximum absolute atomic E-state index is 12.7. The Bertz CT molecular complexity index is 468. The Labute approximate surface area is 115 Å². The molecule has 0 aromatic carbocycles. The average molecular weight is 291 g/mol. The molecule has 0 amide bonds. The molecule has 1 fully saturated rings. The maximum Gasteiger partial charge on any atom is 0.391 e. The average Bonchev–Trinajstić information content (AvgIpc) is 2.77. The molecule has 0 spiro atoms. The van der Waals surface area contributed by atoms with Crippen molar-refractivity contribution < 1.29 is 17.7 Å². The number of rotatable bonds is 1. The fourth-order valence-electron chi connectivity index (χ4n) is 2.41. The van der Waals surface area contributed by atoms with Crippen LogP contribution in [0.2, 0.25) is 0 Å². The molecule has 1 aromatic rings. The van der Waals surface area contributed by atoms with E-state index in [1.807, 2.05) is 20.8 Å². The van der Waals surface area contributed by atoms with E-state index < -0.39 is 17.6 Å². The van der Waals surface area contributed by atoms with E-state index in [4.69, 9.17) is 10.3 Å². The first-order valence-corrected chi connectivity index (χ1v) is 6.73. The minimum absolute atomic E-state index is 0.0133. The molecule has 2 rings (SSSR count). The second-order valence-electron chi connectivity index (χ2n) is 6.65. The summed E-state index contributed by atoms with van der Waals surface area (Å²) in [7, 11) is 0. The third-order valence-corrected chi connectivity index (χ3v) is 3.85. The highest BCUT2D eigenvalue weighted by Crippen LogP contribution is 2.43. The number of aromatic nitrogens is 2. The molecule has 2 N–H and O–H groups in total. The van der Waals surface area contributed by atoms with E-state index in [0.717, 1.165) is 0 Å². The lowest BCUT2D eigenvalue weighted by molar-refractivity contribution is -0.185. The van der Waals surface area contributed by atoms with Gasteiger partial charge in [-0.05, 0) is 25.7 Å². The van der Waals surface area contributed by atoms with Crippen molar-refractivity contribution in [2.75, 3.05) is 0 Å². The molecular weight excluding hydrogens is 271 g/mol. The summed E-state index contributed by atoms with van der Waals surface area (Å²) in [5, 5.41) is 3.87. The lowest BCUT2D eigenvalue weighted by Gasteiger charge is -2.35. The van der Waals surface area contributed by atoms with E-state index in [1.165, 1.54) is 0 Å². The number of hydrogen-bond donors (Lipinski definition) is 1. The van der Waals surface area contributed by atoms with Crippen LogP contribution in [-0.4, -0.2) is 16.3 Å². The van der Waals surface area contributed by atoms with Crippen molar-refractivity contribution >= 4 is 0 Å². The second-order valence-corrected chi connectivity index (χ2v) is 6.65. The standard InChI is InChI=1S/C13H20F3N3O/c1-11(2,3)10-18-9(19-20-10)12(17)6-4-8(5-7-12)13(14,15)16/h8H,4-7,17H2,1-3H3. The molecular formula is C13H20F3N3O. The van der Waals surface area contributed by atoms with Gasteiger partial charge in [0.25, 0.3) is 0 Å². The van der Waals surface area contributed by atoms with E-state index >= 15 is 0 Å². The zero-order chi connectivity index (χ0) is 15.2. The summed E-state index contributed by atoms with van der Waals surface area (Å²) in [5.74, 6) is -0.494. The molecule has 0 unspecified atom stereocenters. The monoisotopic (exact) mass is 291 g/mol. The lowest BCUT2D eigenvalue weighted by atomic mass is 9.76. The van der Waals surface area contributed by atoms with Crippen LogP contribution in [0.4, 0.5) is 13.2 Å². The van der Waals surface area contributed by atoms with Crippen LogP contribution in [0.1, 0.15) is 58.2 Å². The topological polar surface area (TPSA) is 64.9 Å². The smallest absolute Gasteiger partial charge is 0.339 e. The minimum Gasteiger partial charge on any atom is -0.339 e. The largest absolute Gasteiger partial charge is 0.391 e. The van der Waals surface area contributed by atoms with Crippen molar-refractivity contribution in [2.45, 2.75) is 63.6 Å². The second kappa shape index (κ2) is 4.72. The Morgan fingerprint density at radius 3 is 2.15 bits per heavy atom. The summed E-state index contributed by atoms with van der Waals surface area (Å²) in [6, 6.07) is 0. The molecule has 0 radical (unpaired) electrons. The summed E-state index contributed by atoms with van der Waals surface area (Å²) < 4.78 is 43.2. The van der Waals surface area contributed by atoms with Crippen molar-refractivity contribution in [3.63, 3.8) is 0 Å². The summed E-state index contributed by atoms with van der Waals surface area (Å²) in [4.78, 5) is 4.28. The van der Waals surface area contributed by atoms with E-state index in [2.05, 4.69) is 10.1 Å². The fourth-order valence-corrected chi connectivity index (χ4v) is 2.41.